The number of carbonyl (C=O) groups excluding carboxylic acids is 1. The second kappa shape index (κ2) is 7.77. The Labute approximate surface area is 126 Å². The van der Waals surface area contributed by atoms with Crippen molar-refractivity contribution < 1.29 is 9.90 Å². The summed E-state index contributed by atoms with van der Waals surface area (Å²) < 4.78 is 0. The van der Waals surface area contributed by atoms with E-state index in [4.69, 9.17) is 5.11 Å². The fraction of sp³-hybridized carbons (Fsp3) is 0.500. The van der Waals surface area contributed by atoms with Gasteiger partial charge in [0, 0.05) is 31.0 Å². The van der Waals surface area contributed by atoms with Gasteiger partial charge < -0.3 is 15.3 Å². The Hall–Kier alpha value is -1.90. The molecule has 0 aromatic carbocycles. The largest absolute Gasteiger partial charge is 0.384 e. The minimum atomic E-state index is -0.213. The number of aliphatic hydroxyl groups is 1. The van der Waals surface area contributed by atoms with Crippen LogP contribution in [0.5, 0.6) is 0 Å². The Kier molecular flexibility index (Phi) is 6.35. The highest BCUT2D eigenvalue weighted by Gasteiger charge is 2.20. The van der Waals surface area contributed by atoms with Gasteiger partial charge in [-0.2, -0.15) is 0 Å². The molecule has 1 aromatic rings. The molecule has 0 unspecified atom stereocenters. The molecule has 0 spiro atoms. The van der Waals surface area contributed by atoms with Crippen LogP contribution in [0.1, 0.15) is 29.8 Å². The number of nitrogens with zero attached hydrogens (tertiary/aromatic N) is 2. The molecule has 21 heavy (non-hydrogen) atoms. The second-order valence-electron chi connectivity index (χ2n) is 6.01. The summed E-state index contributed by atoms with van der Waals surface area (Å²) in [6.45, 7) is 5.46. The van der Waals surface area contributed by atoms with Gasteiger partial charge in [-0.05, 0) is 25.6 Å². The molecule has 5 nitrogen and oxygen atoms in total. The van der Waals surface area contributed by atoms with Gasteiger partial charge >= 0.3 is 0 Å². The quantitative estimate of drug-likeness (QED) is 0.785. The number of hydrogen-bond donors (Lipinski definition) is 2. The highest BCUT2D eigenvalue weighted by atomic mass is 16.2. The normalized spacial score (nSPS) is 11.0. The van der Waals surface area contributed by atoms with E-state index in [1.807, 2.05) is 14.1 Å². The first kappa shape index (κ1) is 17.2. The predicted octanol–water partition coefficient (Wildman–Crippen LogP) is 0.743. The molecule has 0 fully saturated rings. The molecule has 0 bridgehead atoms. The summed E-state index contributed by atoms with van der Waals surface area (Å²) in [4.78, 5) is 18.2. The maximum absolute atomic E-state index is 12.1. The monoisotopic (exact) mass is 289 g/mol. The zero-order valence-electron chi connectivity index (χ0n) is 13.1. The lowest BCUT2D eigenvalue weighted by atomic mass is 9.93. The number of pyridine rings is 1. The van der Waals surface area contributed by atoms with Crippen LogP contribution >= 0.6 is 0 Å². The molecule has 0 aliphatic heterocycles. The van der Waals surface area contributed by atoms with E-state index in [1.54, 1.807) is 12.3 Å². The molecule has 0 radical (unpaired) electrons. The number of rotatable bonds is 5. The van der Waals surface area contributed by atoms with E-state index in [9.17, 15) is 4.79 Å². The second-order valence-corrected chi connectivity index (χ2v) is 6.01. The van der Waals surface area contributed by atoms with Crippen LogP contribution < -0.4 is 5.32 Å². The topological polar surface area (TPSA) is 65.5 Å². The molecule has 2 N–H and O–H groups in total. The first-order valence-electron chi connectivity index (χ1n) is 6.82. The van der Waals surface area contributed by atoms with Crippen LogP contribution in [0.4, 0.5) is 0 Å². The average Bonchev–Trinajstić information content (AvgIpc) is 2.41. The Morgan fingerprint density at radius 1 is 1.43 bits per heavy atom. The van der Waals surface area contributed by atoms with Gasteiger partial charge in [0.05, 0.1) is 5.56 Å². The summed E-state index contributed by atoms with van der Waals surface area (Å²) in [5.74, 6) is 5.11. The number of amides is 1. The summed E-state index contributed by atoms with van der Waals surface area (Å²) in [5.41, 5.74) is 1.07. The lowest BCUT2D eigenvalue weighted by Crippen LogP contribution is -2.40. The molecule has 5 heteroatoms. The van der Waals surface area contributed by atoms with E-state index in [0.717, 1.165) is 6.54 Å². The number of carbonyl (C=O) groups is 1. The van der Waals surface area contributed by atoms with Crippen LogP contribution in [0.3, 0.4) is 0 Å². The van der Waals surface area contributed by atoms with Crippen molar-refractivity contribution in [2.75, 3.05) is 33.8 Å². The molecule has 0 aliphatic carbocycles. The van der Waals surface area contributed by atoms with E-state index >= 15 is 0 Å². The van der Waals surface area contributed by atoms with Crippen molar-refractivity contribution in [3.63, 3.8) is 0 Å². The Balaban J connectivity index is 2.68. The lowest BCUT2D eigenvalue weighted by molar-refractivity contribution is 0.0929. The molecule has 0 saturated carbocycles. The summed E-state index contributed by atoms with van der Waals surface area (Å²) >= 11 is 0. The van der Waals surface area contributed by atoms with Gasteiger partial charge in [-0.15, -0.1) is 0 Å². The predicted molar refractivity (Wildman–Crippen MR) is 82.9 cm³/mol. The third-order valence-electron chi connectivity index (χ3n) is 2.78. The number of aromatic nitrogens is 1. The van der Waals surface area contributed by atoms with Gasteiger partial charge in [-0.1, -0.05) is 25.7 Å². The summed E-state index contributed by atoms with van der Waals surface area (Å²) in [7, 11) is 4.02. The van der Waals surface area contributed by atoms with E-state index in [2.05, 4.69) is 40.9 Å². The standard InChI is InChI=1S/C16H23N3O2/c1-16(2,12-19(3)4)11-18-15(21)14-8-13(6-5-7-20)9-17-10-14/h8-10,20H,7,11-12H2,1-4H3,(H,18,21). The van der Waals surface area contributed by atoms with E-state index in [1.165, 1.54) is 6.20 Å². The van der Waals surface area contributed by atoms with Crippen LogP contribution in [0.25, 0.3) is 0 Å². The molecule has 114 valence electrons. The first-order valence-corrected chi connectivity index (χ1v) is 6.82. The van der Waals surface area contributed by atoms with Gasteiger partial charge in [0.15, 0.2) is 0 Å². The van der Waals surface area contributed by atoms with Gasteiger partial charge in [-0.25, -0.2) is 0 Å². The van der Waals surface area contributed by atoms with Crippen LogP contribution in [0.2, 0.25) is 0 Å². The summed E-state index contributed by atoms with van der Waals surface area (Å²) in [5, 5.41) is 11.6. The smallest absolute Gasteiger partial charge is 0.252 e. The zero-order chi connectivity index (χ0) is 15.9. The van der Waals surface area contributed by atoms with Crippen molar-refractivity contribution in [3.8, 4) is 11.8 Å². The summed E-state index contributed by atoms with van der Waals surface area (Å²) in [6, 6.07) is 1.67. The van der Waals surface area contributed by atoms with Crippen molar-refractivity contribution in [2.45, 2.75) is 13.8 Å². The van der Waals surface area contributed by atoms with Crippen molar-refractivity contribution in [3.05, 3.63) is 29.6 Å². The Bertz CT molecular complexity index is 542. The third-order valence-corrected chi connectivity index (χ3v) is 2.78. The number of hydrogen-bond acceptors (Lipinski definition) is 4. The highest BCUT2D eigenvalue weighted by molar-refractivity contribution is 5.94. The molecule has 1 aromatic heterocycles. The van der Waals surface area contributed by atoms with Crippen molar-refractivity contribution in [1.82, 2.24) is 15.2 Å². The molecule has 1 rings (SSSR count). The van der Waals surface area contributed by atoms with E-state index < -0.39 is 0 Å². The Morgan fingerprint density at radius 3 is 2.76 bits per heavy atom. The maximum atomic E-state index is 12.1. The van der Waals surface area contributed by atoms with Crippen molar-refractivity contribution in [1.29, 1.82) is 0 Å². The van der Waals surface area contributed by atoms with Crippen molar-refractivity contribution >= 4 is 5.91 Å². The number of nitrogens with one attached hydrogen (secondary N) is 1. The fourth-order valence-corrected chi connectivity index (χ4v) is 2.11. The SMILES string of the molecule is CN(C)CC(C)(C)CNC(=O)c1cncc(C#CCO)c1. The van der Waals surface area contributed by atoms with E-state index in [0.29, 0.717) is 17.7 Å². The lowest BCUT2D eigenvalue weighted by Gasteiger charge is -2.28. The van der Waals surface area contributed by atoms with Gasteiger partial charge in [0.2, 0.25) is 0 Å². The number of aliphatic hydroxyl groups excluding tert-OH is 1. The maximum Gasteiger partial charge on any atom is 0.252 e. The molecule has 1 amide bonds. The van der Waals surface area contributed by atoms with Crippen LogP contribution in [0.15, 0.2) is 18.5 Å². The summed E-state index contributed by atoms with van der Waals surface area (Å²) in [6.07, 6.45) is 3.08. The zero-order valence-corrected chi connectivity index (χ0v) is 13.1. The van der Waals surface area contributed by atoms with Crippen LogP contribution in [-0.4, -0.2) is 54.7 Å². The minimum absolute atomic E-state index is 0.0130. The fourth-order valence-electron chi connectivity index (χ4n) is 2.11. The molecule has 1 heterocycles. The minimum Gasteiger partial charge on any atom is -0.384 e. The molecule has 0 saturated heterocycles. The van der Waals surface area contributed by atoms with Crippen molar-refractivity contribution in [2.24, 2.45) is 5.41 Å². The van der Waals surface area contributed by atoms with E-state index in [-0.39, 0.29) is 17.9 Å². The van der Waals surface area contributed by atoms with Gasteiger partial charge in [-0.3, -0.25) is 9.78 Å². The van der Waals surface area contributed by atoms with Crippen LogP contribution in [-0.2, 0) is 0 Å². The third kappa shape index (κ3) is 6.39. The van der Waals surface area contributed by atoms with Gasteiger partial charge in [0.25, 0.3) is 5.91 Å². The molecule has 0 aliphatic rings. The molecular formula is C16H23N3O2. The Morgan fingerprint density at radius 2 is 2.14 bits per heavy atom. The van der Waals surface area contributed by atoms with Crippen LogP contribution in [0, 0.1) is 17.3 Å². The average molecular weight is 289 g/mol. The molecular weight excluding hydrogens is 266 g/mol. The highest BCUT2D eigenvalue weighted by Crippen LogP contribution is 2.14. The molecule has 0 atom stereocenters. The van der Waals surface area contributed by atoms with Gasteiger partial charge in [0.1, 0.15) is 6.61 Å². The first-order chi connectivity index (χ1) is 9.84.